The van der Waals surface area contributed by atoms with Crippen molar-refractivity contribution in [1.29, 1.82) is 0 Å². The van der Waals surface area contributed by atoms with Crippen molar-refractivity contribution in [3.05, 3.63) is 17.4 Å². The molecule has 2 heterocycles. The maximum absolute atomic E-state index is 6.22. The second kappa shape index (κ2) is 6.27. The summed E-state index contributed by atoms with van der Waals surface area (Å²) < 4.78 is 18.2. The van der Waals surface area contributed by atoms with Gasteiger partial charge in [-0.05, 0) is 59.4 Å². The summed E-state index contributed by atoms with van der Waals surface area (Å²) in [6.07, 6.45) is 7.82. The van der Waals surface area contributed by atoms with Gasteiger partial charge in [-0.3, -0.25) is 0 Å². The molecule has 3 rings (SSSR count). The molecular weight excluding hydrogens is 312 g/mol. The first-order chi connectivity index (χ1) is 10.8. The van der Waals surface area contributed by atoms with Gasteiger partial charge in [0.15, 0.2) is 10.9 Å². The minimum absolute atomic E-state index is 0.233. The Hall–Kier alpha value is -0.775. The minimum atomic E-state index is -0.446. The Morgan fingerprint density at radius 1 is 1.13 bits per heavy atom. The Morgan fingerprint density at radius 3 is 2.35 bits per heavy atom. The van der Waals surface area contributed by atoms with Crippen LogP contribution in [0.2, 0.25) is 5.15 Å². The smallest absolute Gasteiger partial charge is 0.487 e. The summed E-state index contributed by atoms with van der Waals surface area (Å²) in [7, 11) is -0.446. The van der Waals surface area contributed by atoms with Gasteiger partial charge in [0.25, 0.3) is 0 Å². The van der Waals surface area contributed by atoms with E-state index < -0.39 is 7.12 Å². The fourth-order valence-corrected chi connectivity index (χ4v) is 3.14. The molecule has 1 aromatic heterocycles. The number of halogens is 1. The van der Waals surface area contributed by atoms with Gasteiger partial charge < -0.3 is 14.0 Å². The van der Waals surface area contributed by atoms with E-state index in [1.165, 1.54) is 19.3 Å². The summed E-state index contributed by atoms with van der Waals surface area (Å²) >= 11 is 6.22. The molecule has 4 nitrogen and oxygen atoms in total. The molecule has 1 aliphatic heterocycles. The Balaban J connectivity index is 1.78. The van der Waals surface area contributed by atoms with Crippen LogP contribution < -0.4 is 10.2 Å². The zero-order valence-electron chi connectivity index (χ0n) is 14.4. The number of hydrogen-bond donors (Lipinski definition) is 0. The Morgan fingerprint density at radius 2 is 1.74 bits per heavy atom. The highest BCUT2D eigenvalue weighted by Gasteiger charge is 2.52. The van der Waals surface area contributed by atoms with E-state index in [-0.39, 0.29) is 17.3 Å². The molecule has 1 saturated carbocycles. The van der Waals surface area contributed by atoms with Gasteiger partial charge in [0.1, 0.15) is 0 Å². The van der Waals surface area contributed by atoms with Crippen molar-refractivity contribution in [2.75, 3.05) is 0 Å². The highest BCUT2D eigenvalue weighted by Crippen LogP contribution is 2.37. The summed E-state index contributed by atoms with van der Waals surface area (Å²) in [5.41, 5.74) is 0.0995. The summed E-state index contributed by atoms with van der Waals surface area (Å²) in [6, 6.07) is 1.91. The molecule has 2 fully saturated rings. The van der Waals surface area contributed by atoms with E-state index in [2.05, 4.69) is 4.98 Å². The summed E-state index contributed by atoms with van der Waals surface area (Å²) in [4.78, 5) is 4.27. The zero-order valence-corrected chi connectivity index (χ0v) is 15.2. The van der Waals surface area contributed by atoms with Gasteiger partial charge in [-0.15, -0.1) is 0 Å². The second-order valence-corrected chi connectivity index (χ2v) is 7.88. The predicted molar refractivity (Wildman–Crippen MR) is 92.5 cm³/mol. The van der Waals surface area contributed by atoms with Gasteiger partial charge >= 0.3 is 7.12 Å². The van der Waals surface area contributed by atoms with E-state index >= 15 is 0 Å². The molecule has 1 saturated heterocycles. The molecule has 0 aromatic carbocycles. The lowest BCUT2D eigenvalue weighted by atomic mass is 9.80. The van der Waals surface area contributed by atoms with E-state index in [0.717, 1.165) is 18.3 Å². The summed E-state index contributed by atoms with van der Waals surface area (Å²) in [5.74, 6) is 0.630. The molecule has 2 aliphatic rings. The molecule has 0 bridgehead atoms. The molecule has 0 unspecified atom stereocenters. The number of ether oxygens (including phenoxy) is 1. The van der Waals surface area contributed by atoms with Crippen molar-refractivity contribution in [3.8, 4) is 5.75 Å². The summed E-state index contributed by atoms with van der Waals surface area (Å²) in [6.45, 7) is 8.15. The topological polar surface area (TPSA) is 40.6 Å². The summed E-state index contributed by atoms with van der Waals surface area (Å²) in [5, 5.41) is 0.399. The largest absolute Gasteiger partial charge is 0.496 e. The molecule has 0 amide bonds. The van der Waals surface area contributed by atoms with Crippen molar-refractivity contribution in [2.45, 2.75) is 77.1 Å². The number of pyridine rings is 1. The van der Waals surface area contributed by atoms with Crippen LogP contribution >= 0.6 is 11.6 Å². The molecule has 0 radical (unpaired) electrons. The maximum Gasteiger partial charge on any atom is 0.496 e. The highest BCUT2D eigenvalue weighted by atomic mass is 35.5. The van der Waals surface area contributed by atoms with Gasteiger partial charge in [-0.25, -0.2) is 4.98 Å². The van der Waals surface area contributed by atoms with Gasteiger partial charge in [-0.2, -0.15) is 0 Å². The first-order valence-corrected chi connectivity index (χ1v) is 8.84. The Kier molecular flexibility index (Phi) is 4.65. The van der Waals surface area contributed by atoms with Crippen LogP contribution in [-0.2, 0) is 9.31 Å². The van der Waals surface area contributed by atoms with Crippen LogP contribution in [-0.4, -0.2) is 29.4 Å². The van der Waals surface area contributed by atoms with E-state index in [4.69, 9.17) is 25.6 Å². The van der Waals surface area contributed by atoms with Crippen LogP contribution in [0.15, 0.2) is 12.3 Å². The number of rotatable bonds is 3. The minimum Gasteiger partial charge on any atom is -0.487 e. The third-order valence-electron chi connectivity index (χ3n) is 5.20. The third-order valence-corrected chi connectivity index (χ3v) is 5.48. The number of nitrogens with zero attached hydrogens (tertiary/aromatic N) is 1. The maximum atomic E-state index is 6.22. The van der Waals surface area contributed by atoms with Gasteiger partial charge in [0, 0.05) is 11.7 Å². The van der Waals surface area contributed by atoms with E-state index in [9.17, 15) is 0 Å². The van der Waals surface area contributed by atoms with Crippen LogP contribution in [0.4, 0.5) is 0 Å². The molecule has 126 valence electrons. The SMILES string of the molecule is CC1(C)OB(c2cnc(Cl)c(OC3CCCCC3)c2)OC1(C)C. The lowest BCUT2D eigenvalue weighted by Crippen LogP contribution is -2.41. The van der Waals surface area contributed by atoms with Crippen LogP contribution in [0.25, 0.3) is 0 Å². The van der Waals surface area contributed by atoms with E-state index in [1.54, 1.807) is 6.20 Å². The molecule has 0 atom stereocenters. The zero-order chi connectivity index (χ0) is 16.7. The van der Waals surface area contributed by atoms with E-state index in [0.29, 0.717) is 10.9 Å². The molecule has 23 heavy (non-hydrogen) atoms. The van der Waals surface area contributed by atoms with Crippen LogP contribution in [0.5, 0.6) is 5.75 Å². The fraction of sp³-hybridized carbons (Fsp3) is 0.706. The standard InChI is InChI=1S/C17H25BClNO3/c1-16(2)17(3,4)23-18(22-16)12-10-14(15(19)20-11-12)21-13-8-6-5-7-9-13/h10-11,13H,5-9H2,1-4H3. The molecule has 6 heteroatoms. The Labute approximate surface area is 144 Å². The quantitative estimate of drug-likeness (QED) is 0.622. The predicted octanol–water partition coefficient (Wildman–Crippen LogP) is 3.75. The normalized spacial score (nSPS) is 24.0. The number of hydrogen-bond acceptors (Lipinski definition) is 4. The first-order valence-electron chi connectivity index (χ1n) is 8.46. The van der Waals surface area contributed by atoms with Gasteiger partial charge in [0.05, 0.1) is 17.3 Å². The van der Waals surface area contributed by atoms with Crippen molar-refractivity contribution in [1.82, 2.24) is 4.98 Å². The lowest BCUT2D eigenvalue weighted by molar-refractivity contribution is 0.00578. The van der Waals surface area contributed by atoms with Crippen molar-refractivity contribution >= 4 is 24.2 Å². The fourth-order valence-electron chi connectivity index (χ4n) is 3.00. The molecule has 0 spiro atoms. The average molecular weight is 338 g/mol. The van der Waals surface area contributed by atoms with Gasteiger partial charge in [-0.1, -0.05) is 18.0 Å². The monoisotopic (exact) mass is 337 g/mol. The third kappa shape index (κ3) is 3.52. The van der Waals surface area contributed by atoms with E-state index in [1.807, 2.05) is 33.8 Å². The molecule has 1 aromatic rings. The average Bonchev–Trinajstić information content (AvgIpc) is 2.71. The molecular formula is C17H25BClNO3. The number of aromatic nitrogens is 1. The van der Waals surface area contributed by atoms with Crippen LogP contribution in [0, 0.1) is 0 Å². The highest BCUT2D eigenvalue weighted by molar-refractivity contribution is 6.62. The molecule has 1 aliphatic carbocycles. The molecule has 0 N–H and O–H groups in total. The first kappa shape index (κ1) is 17.1. The Bertz CT molecular complexity index is 557. The van der Waals surface area contributed by atoms with Gasteiger partial charge in [0.2, 0.25) is 0 Å². The van der Waals surface area contributed by atoms with Crippen molar-refractivity contribution in [2.24, 2.45) is 0 Å². The van der Waals surface area contributed by atoms with Crippen molar-refractivity contribution < 1.29 is 14.0 Å². The lowest BCUT2D eigenvalue weighted by Gasteiger charge is -2.32. The van der Waals surface area contributed by atoms with Crippen LogP contribution in [0.3, 0.4) is 0 Å². The second-order valence-electron chi connectivity index (χ2n) is 7.52. The van der Waals surface area contributed by atoms with Crippen LogP contribution in [0.1, 0.15) is 59.8 Å². The van der Waals surface area contributed by atoms with Crippen molar-refractivity contribution in [3.63, 3.8) is 0 Å².